The van der Waals surface area contributed by atoms with E-state index in [1.165, 1.54) is 16.4 Å². The molecule has 0 heterocycles. The fraction of sp³-hybridized carbons (Fsp3) is 0.391. The summed E-state index contributed by atoms with van der Waals surface area (Å²) in [5, 5.41) is 5.60. The monoisotopic (exact) mass is 445 g/mol. The Morgan fingerprint density at radius 1 is 0.935 bits per heavy atom. The first-order valence-electron chi connectivity index (χ1n) is 10.4. The standard InChI is InChI=1S/C23H31N3O4S/c1-6-26(7-2)31(29,30)20-13-8-17(5)21(15-20)23(28)25-19-11-9-18(10-12-19)24-22(27)14-16(3)4/h8-13,15-16H,6-7,14H2,1-5H3,(H,24,27)(H,25,28). The Morgan fingerprint density at radius 3 is 2.00 bits per heavy atom. The van der Waals surface area contributed by atoms with Crippen molar-refractivity contribution < 1.29 is 18.0 Å². The van der Waals surface area contributed by atoms with Crippen LogP contribution in [0.5, 0.6) is 0 Å². The molecule has 2 aromatic carbocycles. The number of carbonyl (C=O) groups excluding carboxylic acids is 2. The molecular weight excluding hydrogens is 414 g/mol. The number of nitrogens with zero attached hydrogens (tertiary/aromatic N) is 1. The molecule has 0 bridgehead atoms. The van der Waals surface area contributed by atoms with Gasteiger partial charge in [-0.2, -0.15) is 4.31 Å². The Balaban J connectivity index is 2.18. The maximum atomic E-state index is 12.8. The highest BCUT2D eigenvalue weighted by Gasteiger charge is 2.23. The summed E-state index contributed by atoms with van der Waals surface area (Å²) in [4.78, 5) is 24.8. The second-order valence-corrected chi connectivity index (χ2v) is 9.68. The molecule has 0 saturated carbocycles. The molecule has 0 aliphatic rings. The highest BCUT2D eigenvalue weighted by atomic mass is 32.2. The van der Waals surface area contributed by atoms with Gasteiger partial charge in [-0.05, 0) is 54.8 Å². The van der Waals surface area contributed by atoms with Crippen molar-refractivity contribution in [3.63, 3.8) is 0 Å². The van der Waals surface area contributed by atoms with E-state index < -0.39 is 15.9 Å². The zero-order chi connectivity index (χ0) is 23.2. The Bertz CT molecular complexity index is 1030. The van der Waals surface area contributed by atoms with Crippen LogP contribution in [0, 0.1) is 12.8 Å². The van der Waals surface area contributed by atoms with Crippen LogP contribution in [0.25, 0.3) is 0 Å². The van der Waals surface area contributed by atoms with E-state index >= 15 is 0 Å². The quantitative estimate of drug-likeness (QED) is 0.603. The lowest BCUT2D eigenvalue weighted by Crippen LogP contribution is -2.30. The molecular formula is C23H31N3O4S. The normalized spacial score (nSPS) is 11.6. The molecule has 7 nitrogen and oxygen atoms in total. The fourth-order valence-electron chi connectivity index (χ4n) is 3.14. The Labute approximate surface area is 184 Å². The van der Waals surface area contributed by atoms with E-state index in [0.717, 1.165) is 0 Å². The molecule has 0 fully saturated rings. The minimum atomic E-state index is -3.66. The summed E-state index contributed by atoms with van der Waals surface area (Å²) < 4.78 is 26.9. The molecule has 2 amide bonds. The average Bonchev–Trinajstić information content (AvgIpc) is 2.69. The lowest BCUT2D eigenvalue weighted by molar-refractivity contribution is -0.116. The molecule has 2 aromatic rings. The van der Waals surface area contributed by atoms with Gasteiger partial charge >= 0.3 is 0 Å². The van der Waals surface area contributed by atoms with Gasteiger partial charge in [-0.15, -0.1) is 0 Å². The molecule has 0 radical (unpaired) electrons. The fourth-order valence-corrected chi connectivity index (χ4v) is 4.62. The second-order valence-electron chi connectivity index (χ2n) is 7.74. The Hall–Kier alpha value is -2.71. The van der Waals surface area contributed by atoms with E-state index in [1.807, 2.05) is 13.8 Å². The van der Waals surface area contributed by atoms with E-state index in [9.17, 15) is 18.0 Å². The molecule has 31 heavy (non-hydrogen) atoms. The van der Waals surface area contributed by atoms with Crippen LogP contribution in [0.2, 0.25) is 0 Å². The average molecular weight is 446 g/mol. The third-order valence-corrected chi connectivity index (χ3v) is 6.86. The van der Waals surface area contributed by atoms with Crippen LogP contribution < -0.4 is 10.6 Å². The first kappa shape index (κ1) is 24.6. The van der Waals surface area contributed by atoms with E-state index in [1.54, 1.807) is 51.1 Å². The van der Waals surface area contributed by atoms with Crippen LogP contribution in [0.15, 0.2) is 47.4 Å². The molecule has 0 atom stereocenters. The predicted octanol–water partition coefficient (Wildman–Crippen LogP) is 4.26. The summed E-state index contributed by atoms with van der Waals surface area (Å²) in [6.45, 7) is 9.97. The van der Waals surface area contributed by atoms with Gasteiger partial charge in [0.25, 0.3) is 5.91 Å². The van der Waals surface area contributed by atoms with Crippen molar-refractivity contribution in [2.45, 2.75) is 45.9 Å². The molecule has 0 spiro atoms. The minimum Gasteiger partial charge on any atom is -0.326 e. The number of hydrogen-bond donors (Lipinski definition) is 2. The highest BCUT2D eigenvalue weighted by molar-refractivity contribution is 7.89. The van der Waals surface area contributed by atoms with Crippen LogP contribution in [-0.2, 0) is 14.8 Å². The molecule has 0 aliphatic heterocycles. The van der Waals surface area contributed by atoms with Gasteiger partial charge in [0.2, 0.25) is 15.9 Å². The third kappa shape index (κ3) is 6.38. The van der Waals surface area contributed by atoms with Gasteiger partial charge in [-0.3, -0.25) is 9.59 Å². The number of aryl methyl sites for hydroxylation is 1. The number of amides is 2. The number of benzene rings is 2. The van der Waals surface area contributed by atoms with E-state index in [0.29, 0.717) is 42.0 Å². The van der Waals surface area contributed by atoms with Crippen molar-refractivity contribution in [3.05, 3.63) is 53.6 Å². The Morgan fingerprint density at radius 2 is 1.48 bits per heavy atom. The summed E-state index contributed by atoms with van der Waals surface area (Å²) in [6, 6.07) is 11.4. The highest BCUT2D eigenvalue weighted by Crippen LogP contribution is 2.21. The van der Waals surface area contributed by atoms with Gasteiger partial charge in [0.1, 0.15) is 0 Å². The largest absolute Gasteiger partial charge is 0.326 e. The van der Waals surface area contributed by atoms with Crippen molar-refractivity contribution in [1.29, 1.82) is 0 Å². The van der Waals surface area contributed by atoms with Crippen LogP contribution in [0.4, 0.5) is 11.4 Å². The number of nitrogens with one attached hydrogen (secondary N) is 2. The van der Waals surface area contributed by atoms with Gasteiger partial charge in [0.05, 0.1) is 4.90 Å². The van der Waals surface area contributed by atoms with Crippen molar-refractivity contribution in [2.75, 3.05) is 23.7 Å². The first-order valence-corrected chi connectivity index (χ1v) is 11.8. The summed E-state index contributed by atoms with van der Waals surface area (Å²) in [6.07, 6.45) is 0.435. The van der Waals surface area contributed by atoms with E-state index in [4.69, 9.17) is 0 Å². The van der Waals surface area contributed by atoms with E-state index in [2.05, 4.69) is 10.6 Å². The van der Waals surface area contributed by atoms with Gasteiger partial charge in [-0.25, -0.2) is 8.42 Å². The maximum absolute atomic E-state index is 12.8. The number of anilines is 2. The number of sulfonamides is 1. The molecule has 0 unspecified atom stereocenters. The van der Waals surface area contributed by atoms with Crippen LogP contribution >= 0.6 is 0 Å². The molecule has 0 saturated heterocycles. The van der Waals surface area contributed by atoms with Crippen LogP contribution in [0.1, 0.15) is 50.0 Å². The summed E-state index contributed by atoms with van der Waals surface area (Å²) in [5.74, 6) is -0.192. The molecule has 0 aliphatic carbocycles. The maximum Gasteiger partial charge on any atom is 0.255 e. The van der Waals surface area contributed by atoms with Crippen LogP contribution in [0.3, 0.4) is 0 Å². The number of carbonyl (C=O) groups is 2. The minimum absolute atomic E-state index is 0.0614. The van der Waals surface area contributed by atoms with Gasteiger partial charge in [0.15, 0.2) is 0 Å². The third-order valence-electron chi connectivity index (χ3n) is 4.82. The van der Waals surface area contributed by atoms with Crippen molar-refractivity contribution in [3.8, 4) is 0 Å². The van der Waals surface area contributed by atoms with Crippen molar-refractivity contribution in [2.24, 2.45) is 5.92 Å². The van der Waals surface area contributed by atoms with Crippen molar-refractivity contribution in [1.82, 2.24) is 4.31 Å². The van der Waals surface area contributed by atoms with E-state index in [-0.39, 0.29) is 16.7 Å². The summed E-state index contributed by atoms with van der Waals surface area (Å²) in [7, 11) is -3.66. The Kier molecular flexibility index (Phi) is 8.36. The van der Waals surface area contributed by atoms with Gasteiger partial charge < -0.3 is 10.6 Å². The SMILES string of the molecule is CCN(CC)S(=O)(=O)c1ccc(C)c(C(=O)Nc2ccc(NC(=O)CC(C)C)cc2)c1. The molecule has 168 valence electrons. The lowest BCUT2D eigenvalue weighted by atomic mass is 10.1. The van der Waals surface area contributed by atoms with Gasteiger partial charge in [-0.1, -0.05) is 33.8 Å². The predicted molar refractivity (Wildman–Crippen MR) is 124 cm³/mol. The zero-order valence-corrected chi connectivity index (χ0v) is 19.5. The number of hydrogen-bond acceptors (Lipinski definition) is 4. The molecule has 2 N–H and O–H groups in total. The number of rotatable bonds is 9. The topological polar surface area (TPSA) is 95.6 Å². The smallest absolute Gasteiger partial charge is 0.255 e. The summed E-state index contributed by atoms with van der Waals surface area (Å²) in [5.41, 5.74) is 2.16. The van der Waals surface area contributed by atoms with Gasteiger partial charge in [0, 0.05) is 36.4 Å². The molecule has 8 heteroatoms. The van der Waals surface area contributed by atoms with Crippen molar-refractivity contribution >= 4 is 33.2 Å². The van der Waals surface area contributed by atoms with Crippen LogP contribution in [-0.4, -0.2) is 37.6 Å². The summed E-state index contributed by atoms with van der Waals surface area (Å²) >= 11 is 0. The lowest BCUT2D eigenvalue weighted by Gasteiger charge is -2.19. The molecule has 0 aromatic heterocycles. The second kappa shape index (κ2) is 10.5. The molecule has 2 rings (SSSR count). The zero-order valence-electron chi connectivity index (χ0n) is 18.7. The first-order chi connectivity index (χ1) is 14.6.